The average molecular weight is 254 g/mol. The first-order valence-electron chi connectivity index (χ1n) is 6.19. The maximum absolute atomic E-state index is 13.4. The molecule has 0 amide bonds. The maximum atomic E-state index is 13.4. The van der Waals surface area contributed by atoms with Crippen LogP contribution in [-0.2, 0) is 0 Å². The molecule has 0 bridgehead atoms. The molecule has 0 spiro atoms. The molecule has 5 heteroatoms. The number of nitrogens with one attached hydrogen (secondary N) is 1. The quantitative estimate of drug-likeness (QED) is 0.723. The monoisotopic (exact) mass is 254 g/mol. The highest BCUT2D eigenvalue weighted by atomic mass is 19.1. The molecule has 18 heavy (non-hydrogen) atoms. The van der Waals surface area contributed by atoms with E-state index in [1.165, 1.54) is 19.2 Å². The first-order chi connectivity index (χ1) is 8.61. The number of ether oxygens (including phenoxy) is 1. The van der Waals surface area contributed by atoms with E-state index in [1.807, 2.05) is 0 Å². The number of anilines is 2. The van der Waals surface area contributed by atoms with Gasteiger partial charge in [0.15, 0.2) is 11.6 Å². The molecule has 4 nitrogen and oxygen atoms in total. The fraction of sp³-hybridized carbons (Fsp3) is 0.538. The number of hydrogen-bond donors (Lipinski definition) is 3. The third-order valence-corrected chi connectivity index (χ3v) is 3.39. The van der Waals surface area contributed by atoms with Crippen LogP contribution in [0.2, 0.25) is 0 Å². The Morgan fingerprint density at radius 2 is 2.11 bits per heavy atom. The van der Waals surface area contributed by atoms with E-state index >= 15 is 0 Å². The summed E-state index contributed by atoms with van der Waals surface area (Å²) >= 11 is 0. The van der Waals surface area contributed by atoms with Crippen molar-refractivity contribution in [1.29, 1.82) is 0 Å². The van der Waals surface area contributed by atoms with E-state index in [4.69, 9.17) is 10.5 Å². The molecule has 2 rings (SSSR count). The summed E-state index contributed by atoms with van der Waals surface area (Å²) in [5.74, 6) is -0.332. The zero-order valence-corrected chi connectivity index (χ0v) is 10.4. The summed E-state index contributed by atoms with van der Waals surface area (Å²) in [4.78, 5) is 0. The average Bonchev–Trinajstić information content (AvgIpc) is 2.35. The Bertz CT molecular complexity index is 426. The van der Waals surface area contributed by atoms with Crippen molar-refractivity contribution in [2.45, 2.75) is 37.8 Å². The van der Waals surface area contributed by atoms with Gasteiger partial charge in [-0.3, -0.25) is 0 Å². The Morgan fingerprint density at radius 3 is 2.78 bits per heavy atom. The van der Waals surface area contributed by atoms with Gasteiger partial charge in [0.2, 0.25) is 0 Å². The second-order valence-corrected chi connectivity index (χ2v) is 4.68. The Hall–Kier alpha value is -1.49. The number of benzene rings is 1. The Kier molecular flexibility index (Phi) is 3.91. The Morgan fingerprint density at radius 1 is 1.39 bits per heavy atom. The van der Waals surface area contributed by atoms with Gasteiger partial charge >= 0.3 is 0 Å². The zero-order chi connectivity index (χ0) is 13.1. The number of halogens is 1. The third-order valence-electron chi connectivity index (χ3n) is 3.39. The van der Waals surface area contributed by atoms with Crippen molar-refractivity contribution in [3.05, 3.63) is 17.9 Å². The van der Waals surface area contributed by atoms with Crippen LogP contribution in [0.25, 0.3) is 0 Å². The van der Waals surface area contributed by atoms with Crippen LogP contribution in [0.5, 0.6) is 5.75 Å². The smallest absolute Gasteiger partial charge is 0.167 e. The van der Waals surface area contributed by atoms with Crippen LogP contribution in [0, 0.1) is 5.82 Å². The second kappa shape index (κ2) is 5.44. The summed E-state index contributed by atoms with van der Waals surface area (Å²) in [5.41, 5.74) is 6.70. The van der Waals surface area contributed by atoms with Crippen LogP contribution in [0.3, 0.4) is 0 Å². The molecule has 0 heterocycles. The zero-order valence-electron chi connectivity index (χ0n) is 10.4. The van der Waals surface area contributed by atoms with Crippen molar-refractivity contribution in [3.8, 4) is 5.75 Å². The van der Waals surface area contributed by atoms with Gasteiger partial charge in [0.05, 0.1) is 30.6 Å². The van der Waals surface area contributed by atoms with Gasteiger partial charge in [0, 0.05) is 12.1 Å². The van der Waals surface area contributed by atoms with E-state index < -0.39 is 5.82 Å². The summed E-state index contributed by atoms with van der Waals surface area (Å²) in [6.45, 7) is 0. The highest BCUT2D eigenvalue weighted by Gasteiger charge is 2.23. The van der Waals surface area contributed by atoms with Gasteiger partial charge in [-0.05, 0) is 12.8 Å². The molecule has 100 valence electrons. The maximum Gasteiger partial charge on any atom is 0.167 e. The van der Waals surface area contributed by atoms with Gasteiger partial charge in [-0.15, -0.1) is 0 Å². The minimum atomic E-state index is -0.482. The minimum Gasteiger partial charge on any atom is -0.494 e. The molecule has 0 radical (unpaired) electrons. The Balaban J connectivity index is 2.17. The lowest BCUT2D eigenvalue weighted by Gasteiger charge is -2.29. The molecule has 1 aliphatic rings. The lowest BCUT2D eigenvalue weighted by atomic mass is 9.92. The molecule has 2 unspecified atom stereocenters. The molecular weight excluding hydrogens is 235 g/mol. The lowest BCUT2D eigenvalue weighted by Crippen LogP contribution is -2.36. The number of methoxy groups -OCH3 is 1. The fourth-order valence-electron chi connectivity index (χ4n) is 2.33. The molecule has 4 N–H and O–H groups in total. The number of nitrogen functional groups attached to an aromatic ring is 1. The van der Waals surface area contributed by atoms with Crippen LogP contribution in [0.1, 0.15) is 25.7 Å². The molecule has 1 saturated carbocycles. The molecule has 0 aliphatic heterocycles. The van der Waals surface area contributed by atoms with E-state index in [-0.39, 0.29) is 17.9 Å². The van der Waals surface area contributed by atoms with Crippen molar-refractivity contribution >= 4 is 11.4 Å². The SMILES string of the molecule is COc1cc(NC2CCCCC2O)c(N)cc1F. The van der Waals surface area contributed by atoms with Gasteiger partial charge in [-0.2, -0.15) is 0 Å². The van der Waals surface area contributed by atoms with Gasteiger partial charge in [-0.1, -0.05) is 12.8 Å². The second-order valence-electron chi connectivity index (χ2n) is 4.68. The van der Waals surface area contributed by atoms with Crippen LogP contribution in [-0.4, -0.2) is 24.4 Å². The van der Waals surface area contributed by atoms with Crippen molar-refractivity contribution in [2.24, 2.45) is 0 Å². The number of hydrogen-bond acceptors (Lipinski definition) is 4. The van der Waals surface area contributed by atoms with Crippen LogP contribution in [0.15, 0.2) is 12.1 Å². The summed E-state index contributed by atoms with van der Waals surface area (Å²) in [6, 6.07) is 2.73. The summed E-state index contributed by atoms with van der Waals surface area (Å²) in [7, 11) is 1.41. The first kappa shape index (κ1) is 13.0. The molecule has 1 aromatic carbocycles. The van der Waals surface area contributed by atoms with Crippen molar-refractivity contribution < 1.29 is 14.2 Å². The summed E-state index contributed by atoms with van der Waals surface area (Å²) in [6.07, 6.45) is 3.42. The fourth-order valence-corrected chi connectivity index (χ4v) is 2.33. The van der Waals surface area contributed by atoms with Gasteiger partial charge in [0.25, 0.3) is 0 Å². The molecular formula is C13H19FN2O2. The van der Waals surface area contributed by atoms with Crippen molar-refractivity contribution in [3.63, 3.8) is 0 Å². The predicted molar refractivity (Wildman–Crippen MR) is 69.2 cm³/mol. The van der Waals surface area contributed by atoms with Crippen molar-refractivity contribution in [1.82, 2.24) is 0 Å². The molecule has 1 aliphatic carbocycles. The van der Waals surface area contributed by atoms with E-state index in [0.717, 1.165) is 25.7 Å². The summed E-state index contributed by atoms with van der Waals surface area (Å²) < 4.78 is 18.3. The van der Waals surface area contributed by atoms with E-state index in [9.17, 15) is 9.50 Å². The normalized spacial score (nSPS) is 23.7. The van der Waals surface area contributed by atoms with Gasteiger partial charge in [0.1, 0.15) is 0 Å². The predicted octanol–water partition coefficient (Wildman–Crippen LogP) is 2.13. The first-order valence-corrected chi connectivity index (χ1v) is 6.19. The topological polar surface area (TPSA) is 67.5 Å². The summed E-state index contributed by atoms with van der Waals surface area (Å²) in [5, 5.41) is 13.1. The van der Waals surface area contributed by atoms with E-state index in [1.54, 1.807) is 0 Å². The van der Waals surface area contributed by atoms with Gasteiger partial charge < -0.3 is 20.9 Å². The van der Waals surface area contributed by atoms with Crippen LogP contribution >= 0.6 is 0 Å². The largest absolute Gasteiger partial charge is 0.494 e. The molecule has 0 aromatic heterocycles. The van der Waals surface area contributed by atoms with Gasteiger partial charge in [-0.25, -0.2) is 4.39 Å². The third kappa shape index (κ3) is 2.67. The minimum absolute atomic E-state index is 0.0313. The van der Waals surface area contributed by atoms with Crippen molar-refractivity contribution in [2.75, 3.05) is 18.2 Å². The number of nitrogens with two attached hydrogens (primary N) is 1. The standard InChI is InChI=1S/C13H19FN2O2/c1-18-13-7-11(9(15)6-8(13)14)16-10-4-2-3-5-12(10)17/h6-7,10,12,16-17H,2-5,15H2,1H3. The van der Waals surface area contributed by atoms with Crippen LogP contribution in [0.4, 0.5) is 15.8 Å². The lowest BCUT2D eigenvalue weighted by molar-refractivity contribution is 0.116. The number of aliphatic hydroxyl groups is 1. The van der Waals surface area contributed by atoms with Crippen LogP contribution < -0.4 is 15.8 Å². The van der Waals surface area contributed by atoms with E-state index in [2.05, 4.69) is 5.32 Å². The molecule has 1 fully saturated rings. The molecule has 2 atom stereocenters. The highest BCUT2D eigenvalue weighted by molar-refractivity contribution is 5.69. The number of aliphatic hydroxyl groups excluding tert-OH is 1. The number of rotatable bonds is 3. The highest BCUT2D eigenvalue weighted by Crippen LogP contribution is 2.30. The molecule has 1 aromatic rings. The molecule has 0 saturated heterocycles. The van der Waals surface area contributed by atoms with E-state index in [0.29, 0.717) is 11.4 Å². The Labute approximate surface area is 106 Å².